The van der Waals surface area contributed by atoms with E-state index in [-0.39, 0.29) is 76.0 Å². The van der Waals surface area contributed by atoms with E-state index in [0.717, 1.165) is 6.92 Å². The van der Waals surface area contributed by atoms with Crippen molar-refractivity contribution < 1.29 is 78.3 Å². The molecule has 10 atom stereocenters. The number of carbonyl (C=O) groups is 11. The van der Waals surface area contributed by atoms with Crippen LogP contribution in [0.2, 0.25) is 0 Å². The first kappa shape index (κ1) is 69.5. The first-order valence-corrected chi connectivity index (χ1v) is 24.7. The highest BCUT2D eigenvalue weighted by Gasteiger charge is 2.36. The van der Waals surface area contributed by atoms with Gasteiger partial charge in [0.25, 0.3) is 0 Å². The maximum Gasteiger partial charge on any atom is 0.325 e. The number of rotatable bonds is 39. The summed E-state index contributed by atoms with van der Waals surface area (Å²) in [6, 6.07) is -14.0. The Bertz CT molecular complexity index is 2040. The van der Waals surface area contributed by atoms with Gasteiger partial charge in [0.15, 0.2) is 11.9 Å². The van der Waals surface area contributed by atoms with E-state index in [1.807, 2.05) is 0 Å². The standard InChI is InChI=1S/C44H81N17O16/c1-21(2)17-28(38(72)54-22(3)42(76)77)58-36(70)27(12-13-32(66)67)57-35(69)26(10-5-6-14-45)56-39(73)29(19-62)59-40(74)30(20-63)60-41(75)33(23(4)64)61-37(71)25(11-8-16-52-44(49)50)55-31(65)18-53-34(68)24(46)9-7-15-51-43(47)48/h21-30,33,62-64H,5-20,45-46H2,1-4H3,(H,53,68)(H,54,72)(H,55,65)(H,56,73)(H,57,69)(H,58,70)(H,59,74)(H,60,75)(H,61,71)(H,66,67)(H,76,77)(H4,47,48,51)(H4,49,50,52). The van der Waals surface area contributed by atoms with Gasteiger partial charge in [0.2, 0.25) is 53.2 Å². The third kappa shape index (κ3) is 29.4. The summed E-state index contributed by atoms with van der Waals surface area (Å²) < 4.78 is 0. The lowest BCUT2D eigenvalue weighted by atomic mass is 10.0. The molecule has 0 aromatic carbocycles. The van der Waals surface area contributed by atoms with Gasteiger partial charge in [-0.25, -0.2) is 0 Å². The minimum Gasteiger partial charge on any atom is -0.481 e. The van der Waals surface area contributed by atoms with Crippen LogP contribution in [0.25, 0.3) is 0 Å². The zero-order chi connectivity index (χ0) is 58.9. The molecule has 438 valence electrons. The smallest absolute Gasteiger partial charge is 0.325 e. The number of guanidine groups is 2. The molecule has 77 heavy (non-hydrogen) atoms. The Morgan fingerprint density at radius 1 is 0.506 bits per heavy atom. The summed E-state index contributed by atoms with van der Waals surface area (Å²) in [6.45, 7) is 3.10. The molecule has 33 heteroatoms. The number of carboxylic acid groups (broad SMARTS) is 2. The molecule has 10 unspecified atom stereocenters. The quantitative estimate of drug-likeness (QED) is 0.0154. The molecule has 0 aromatic rings. The average molecular weight is 1100 g/mol. The van der Waals surface area contributed by atoms with Crippen LogP contribution in [0.1, 0.15) is 91.9 Å². The van der Waals surface area contributed by atoms with Gasteiger partial charge >= 0.3 is 11.9 Å². The lowest BCUT2D eigenvalue weighted by Gasteiger charge is -2.28. The Morgan fingerprint density at radius 2 is 0.935 bits per heavy atom. The molecule has 9 amide bonds. The second-order valence-corrected chi connectivity index (χ2v) is 18.2. The molecule has 0 radical (unpaired) electrons. The number of hydrogen-bond acceptors (Lipinski definition) is 18. The fraction of sp³-hybridized carbons (Fsp3) is 0.705. The molecule has 0 fully saturated rings. The third-order valence-corrected chi connectivity index (χ3v) is 10.9. The van der Waals surface area contributed by atoms with Gasteiger partial charge in [0, 0.05) is 19.5 Å². The molecule has 0 aliphatic heterocycles. The second-order valence-electron chi connectivity index (χ2n) is 18.2. The van der Waals surface area contributed by atoms with Crippen LogP contribution >= 0.6 is 0 Å². The van der Waals surface area contributed by atoms with E-state index in [0.29, 0.717) is 12.8 Å². The minimum atomic E-state index is -1.93. The zero-order valence-electron chi connectivity index (χ0n) is 43.7. The van der Waals surface area contributed by atoms with E-state index in [1.165, 1.54) is 6.92 Å². The van der Waals surface area contributed by atoms with Crippen molar-refractivity contribution in [3.05, 3.63) is 0 Å². The number of hydrogen-bond donors (Lipinski definition) is 20. The molecular formula is C44H81N17O16. The zero-order valence-corrected chi connectivity index (χ0v) is 43.7. The van der Waals surface area contributed by atoms with Gasteiger partial charge in [-0.1, -0.05) is 13.8 Å². The summed E-state index contributed by atoms with van der Waals surface area (Å²) in [4.78, 5) is 150. The summed E-state index contributed by atoms with van der Waals surface area (Å²) >= 11 is 0. The number of nitrogens with two attached hydrogens (primary N) is 6. The summed E-state index contributed by atoms with van der Waals surface area (Å²) in [5, 5.41) is 70.2. The van der Waals surface area contributed by atoms with Crippen molar-refractivity contribution in [2.75, 3.05) is 39.4 Å². The molecule has 33 nitrogen and oxygen atoms in total. The van der Waals surface area contributed by atoms with Gasteiger partial charge in [0.1, 0.15) is 48.3 Å². The predicted molar refractivity (Wildman–Crippen MR) is 275 cm³/mol. The second kappa shape index (κ2) is 37.3. The van der Waals surface area contributed by atoms with Gasteiger partial charge in [-0.2, -0.15) is 0 Å². The van der Waals surface area contributed by atoms with E-state index in [2.05, 4.69) is 57.8 Å². The highest BCUT2D eigenvalue weighted by molar-refractivity contribution is 5.98. The maximum absolute atomic E-state index is 13.8. The van der Waals surface area contributed by atoms with Gasteiger partial charge in [-0.05, 0) is 84.1 Å². The Labute approximate surface area is 444 Å². The number of carboxylic acids is 2. The maximum atomic E-state index is 13.8. The van der Waals surface area contributed by atoms with E-state index < -0.39 is 158 Å². The number of nitrogens with one attached hydrogen (secondary N) is 9. The number of nitrogens with zero attached hydrogens (tertiary/aromatic N) is 2. The lowest BCUT2D eigenvalue weighted by Crippen LogP contribution is -2.62. The lowest BCUT2D eigenvalue weighted by molar-refractivity contribution is -0.142. The molecule has 0 aliphatic rings. The number of aliphatic carboxylic acids is 2. The topological polar surface area (TPSA) is 578 Å². The van der Waals surface area contributed by atoms with Crippen molar-refractivity contribution in [3.8, 4) is 0 Å². The predicted octanol–water partition coefficient (Wildman–Crippen LogP) is -9.07. The molecule has 0 heterocycles. The fourth-order valence-electron chi connectivity index (χ4n) is 6.74. The summed E-state index contributed by atoms with van der Waals surface area (Å²) in [5.41, 5.74) is 32.8. The summed E-state index contributed by atoms with van der Waals surface area (Å²) in [5.74, 6) is -12.7. The van der Waals surface area contributed by atoms with Crippen molar-refractivity contribution in [2.24, 2.45) is 50.3 Å². The third-order valence-electron chi connectivity index (χ3n) is 10.9. The van der Waals surface area contributed by atoms with Crippen molar-refractivity contribution in [1.82, 2.24) is 47.9 Å². The average Bonchev–Trinajstić information content (AvgIpc) is 3.35. The number of unbranched alkanes of at least 4 members (excludes halogenated alkanes) is 1. The molecule has 0 spiro atoms. The van der Waals surface area contributed by atoms with Crippen LogP contribution < -0.4 is 82.3 Å². The van der Waals surface area contributed by atoms with E-state index in [9.17, 15) is 78.3 Å². The van der Waals surface area contributed by atoms with E-state index >= 15 is 0 Å². The highest BCUT2D eigenvalue weighted by Crippen LogP contribution is 2.10. The minimum absolute atomic E-state index is 0.00677. The number of aliphatic hydroxyl groups is 3. The van der Waals surface area contributed by atoms with Crippen molar-refractivity contribution >= 4 is 77.0 Å². The number of carbonyl (C=O) groups excluding carboxylic acids is 9. The molecule has 0 bridgehead atoms. The van der Waals surface area contributed by atoms with Crippen LogP contribution in [-0.4, -0.2) is 202 Å². The van der Waals surface area contributed by atoms with E-state index in [1.54, 1.807) is 13.8 Å². The number of aliphatic hydroxyl groups excluding tert-OH is 3. The van der Waals surface area contributed by atoms with Crippen LogP contribution in [0.3, 0.4) is 0 Å². The number of amides is 9. The first-order valence-electron chi connectivity index (χ1n) is 24.7. The Kier molecular flexibility index (Phi) is 33.7. The molecule has 0 rings (SSSR count). The summed E-state index contributed by atoms with van der Waals surface area (Å²) in [7, 11) is 0. The van der Waals surface area contributed by atoms with Gasteiger partial charge in [-0.3, -0.25) is 62.7 Å². The van der Waals surface area contributed by atoms with Crippen LogP contribution in [0, 0.1) is 5.92 Å². The van der Waals surface area contributed by atoms with Crippen molar-refractivity contribution in [2.45, 2.75) is 152 Å². The van der Waals surface area contributed by atoms with Crippen molar-refractivity contribution in [3.63, 3.8) is 0 Å². The highest BCUT2D eigenvalue weighted by atomic mass is 16.4. The molecular weight excluding hydrogens is 1020 g/mol. The van der Waals surface area contributed by atoms with Gasteiger partial charge < -0.3 is 108 Å². The fourth-order valence-corrected chi connectivity index (χ4v) is 6.74. The monoisotopic (exact) mass is 1100 g/mol. The van der Waals surface area contributed by atoms with Crippen LogP contribution in [0.4, 0.5) is 0 Å². The van der Waals surface area contributed by atoms with Crippen LogP contribution in [0.15, 0.2) is 9.98 Å². The SMILES string of the molecule is CC(C)CC(NC(=O)C(CCC(=O)O)NC(=O)C(CCCCN)NC(=O)C(CO)NC(=O)C(CO)NC(=O)C(NC(=O)C(CCCN=C(N)N)NC(=O)CNC(=O)C(N)CCCN=C(N)N)C(C)O)C(=O)NC(C)C(=O)O. The molecule has 26 N–H and O–H groups in total. The van der Waals surface area contributed by atoms with E-state index in [4.69, 9.17) is 34.4 Å². The molecule has 0 aromatic heterocycles. The van der Waals surface area contributed by atoms with Gasteiger partial charge in [0.05, 0.1) is 31.9 Å². The Balaban J connectivity index is 6.28. The van der Waals surface area contributed by atoms with Crippen LogP contribution in [-0.2, 0) is 52.7 Å². The molecule has 0 aliphatic carbocycles. The molecule has 0 saturated carbocycles. The van der Waals surface area contributed by atoms with Gasteiger partial charge in [-0.15, -0.1) is 0 Å². The Morgan fingerprint density at radius 3 is 1.40 bits per heavy atom. The number of aliphatic imine (C=N–C) groups is 2. The first-order chi connectivity index (χ1) is 36.1. The normalized spacial score (nSPS) is 14.8. The molecule has 0 saturated heterocycles. The summed E-state index contributed by atoms with van der Waals surface area (Å²) in [6.07, 6.45) is -2.07. The Hall–Kier alpha value is -7.49. The van der Waals surface area contributed by atoms with Crippen LogP contribution in [0.5, 0.6) is 0 Å². The van der Waals surface area contributed by atoms with Crippen molar-refractivity contribution in [1.29, 1.82) is 0 Å². The largest absolute Gasteiger partial charge is 0.481 e.